The Morgan fingerprint density at radius 1 is 1.39 bits per heavy atom. The van der Waals surface area contributed by atoms with E-state index >= 15 is 0 Å². The fraction of sp³-hybridized carbons (Fsp3) is 0.462. The zero-order valence-electron chi connectivity index (χ0n) is 10.3. The van der Waals surface area contributed by atoms with Gasteiger partial charge in [-0.2, -0.15) is 0 Å². The number of carbonyl (C=O) groups is 1. The van der Waals surface area contributed by atoms with Crippen LogP contribution in [0.4, 0.5) is 5.69 Å². The minimum Gasteiger partial charge on any atom is -0.398 e. The van der Waals surface area contributed by atoms with Crippen molar-refractivity contribution in [3.05, 3.63) is 28.2 Å². The van der Waals surface area contributed by atoms with Crippen molar-refractivity contribution in [1.29, 1.82) is 0 Å². The van der Waals surface area contributed by atoms with Crippen LogP contribution in [0.5, 0.6) is 0 Å². The van der Waals surface area contributed by atoms with Gasteiger partial charge < -0.3 is 16.0 Å². The Bertz CT molecular complexity index is 430. The summed E-state index contributed by atoms with van der Waals surface area (Å²) < 4.78 is 0.759. The fourth-order valence-corrected chi connectivity index (χ4v) is 2.48. The van der Waals surface area contributed by atoms with E-state index < -0.39 is 0 Å². The summed E-state index contributed by atoms with van der Waals surface area (Å²) in [5, 5.41) is 2.93. The van der Waals surface area contributed by atoms with Gasteiger partial charge in [-0.15, -0.1) is 0 Å². The number of hydrogen-bond donors (Lipinski definition) is 2. The SMILES string of the molecule is Nc1ccc(C(=O)NCCN2CCCC2)cc1Br. The molecule has 0 spiro atoms. The van der Waals surface area contributed by atoms with E-state index in [2.05, 4.69) is 26.1 Å². The third kappa shape index (κ3) is 3.46. The Balaban J connectivity index is 1.81. The van der Waals surface area contributed by atoms with Gasteiger partial charge in [0.15, 0.2) is 0 Å². The molecule has 3 N–H and O–H groups in total. The van der Waals surface area contributed by atoms with E-state index in [0.717, 1.165) is 24.1 Å². The molecule has 18 heavy (non-hydrogen) atoms. The third-order valence-electron chi connectivity index (χ3n) is 3.17. The Hall–Kier alpha value is -1.07. The van der Waals surface area contributed by atoms with E-state index in [-0.39, 0.29) is 5.91 Å². The molecule has 0 radical (unpaired) electrons. The van der Waals surface area contributed by atoms with E-state index in [4.69, 9.17) is 5.73 Å². The monoisotopic (exact) mass is 311 g/mol. The average Bonchev–Trinajstić information content (AvgIpc) is 2.85. The molecule has 2 rings (SSSR count). The largest absolute Gasteiger partial charge is 0.398 e. The van der Waals surface area contributed by atoms with Crippen molar-refractivity contribution in [3.8, 4) is 0 Å². The molecule has 5 heteroatoms. The predicted molar refractivity (Wildman–Crippen MR) is 76.6 cm³/mol. The number of nitrogen functional groups attached to an aromatic ring is 1. The topological polar surface area (TPSA) is 58.4 Å². The normalized spacial score (nSPS) is 15.8. The second-order valence-corrected chi connectivity index (χ2v) is 5.40. The number of halogens is 1. The molecular weight excluding hydrogens is 294 g/mol. The van der Waals surface area contributed by atoms with Crippen LogP contribution in [0.2, 0.25) is 0 Å². The molecule has 1 fully saturated rings. The average molecular weight is 312 g/mol. The van der Waals surface area contributed by atoms with Gasteiger partial charge in [-0.3, -0.25) is 4.79 Å². The van der Waals surface area contributed by atoms with Gasteiger partial charge in [0.25, 0.3) is 5.91 Å². The molecule has 1 saturated heterocycles. The summed E-state index contributed by atoms with van der Waals surface area (Å²) in [7, 11) is 0. The lowest BCUT2D eigenvalue weighted by Gasteiger charge is -2.14. The van der Waals surface area contributed by atoms with Gasteiger partial charge in [-0.05, 0) is 60.1 Å². The molecule has 1 heterocycles. The molecule has 98 valence electrons. The number of amides is 1. The van der Waals surface area contributed by atoms with Crippen LogP contribution in [0.1, 0.15) is 23.2 Å². The number of benzene rings is 1. The maximum absolute atomic E-state index is 11.9. The predicted octanol–water partition coefficient (Wildman–Crippen LogP) is 1.86. The minimum atomic E-state index is -0.0464. The number of hydrogen-bond acceptors (Lipinski definition) is 3. The molecule has 1 aliphatic rings. The maximum atomic E-state index is 11.9. The van der Waals surface area contributed by atoms with E-state index in [9.17, 15) is 4.79 Å². The summed E-state index contributed by atoms with van der Waals surface area (Å²) in [4.78, 5) is 14.3. The van der Waals surface area contributed by atoms with Crippen LogP contribution in [-0.2, 0) is 0 Å². The Morgan fingerprint density at radius 3 is 2.78 bits per heavy atom. The van der Waals surface area contributed by atoms with Gasteiger partial charge in [0.2, 0.25) is 0 Å². The molecule has 0 bridgehead atoms. The van der Waals surface area contributed by atoms with E-state index in [1.165, 1.54) is 12.8 Å². The van der Waals surface area contributed by atoms with Crippen molar-refractivity contribution >= 4 is 27.5 Å². The number of nitrogens with two attached hydrogens (primary N) is 1. The summed E-state index contributed by atoms with van der Waals surface area (Å²) >= 11 is 3.32. The highest BCUT2D eigenvalue weighted by Crippen LogP contribution is 2.20. The van der Waals surface area contributed by atoms with Gasteiger partial charge in [0.1, 0.15) is 0 Å². The molecule has 0 saturated carbocycles. The number of likely N-dealkylation sites (tertiary alicyclic amines) is 1. The van der Waals surface area contributed by atoms with Crippen LogP contribution in [0.25, 0.3) is 0 Å². The Labute approximate surface area is 116 Å². The molecule has 1 aromatic rings. The highest BCUT2D eigenvalue weighted by Gasteiger charge is 2.12. The molecule has 0 unspecified atom stereocenters. The third-order valence-corrected chi connectivity index (χ3v) is 3.86. The lowest BCUT2D eigenvalue weighted by Crippen LogP contribution is -2.33. The highest BCUT2D eigenvalue weighted by molar-refractivity contribution is 9.10. The van der Waals surface area contributed by atoms with Crippen molar-refractivity contribution in [2.75, 3.05) is 31.9 Å². The lowest BCUT2D eigenvalue weighted by atomic mass is 10.2. The maximum Gasteiger partial charge on any atom is 0.251 e. The summed E-state index contributed by atoms with van der Waals surface area (Å²) in [5.41, 5.74) is 6.97. The summed E-state index contributed by atoms with van der Waals surface area (Å²) in [6, 6.07) is 5.23. The van der Waals surface area contributed by atoms with Gasteiger partial charge in [-0.1, -0.05) is 0 Å². The number of anilines is 1. The summed E-state index contributed by atoms with van der Waals surface area (Å²) in [6.45, 7) is 3.94. The first-order valence-corrected chi connectivity index (χ1v) is 7.02. The first kappa shape index (κ1) is 13.4. The van der Waals surface area contributed by atoms with Gasteiger partial charge >= 0.3 is 0 Å². The van der Waals surface area contributed by atoms with E-state index in [0.29, 0.717) is 17.8 Å². The van der Waals surface area contributed by atoms with Crippen LogP contribution < -0.4 is 11.1 Å². The minimum absolute atomic E-state index is 0.0464. The van der Waals surface area contributed by atoms with Gasteiger partial charge in [0.05, 0.1) is 0 Å². The first-order chi connectivity index (χ1) is 8.66. The Morgan fingerprint density at radius 2 is 2.11 bits per heavy atom. The van der Waals surface area contributed by atoms with Crippen LogP contribution in [0.15, 0.2) is 22.7 Å². The van der Waals surface area contributed by atoms with Crippen molar-refractivity contribution in [1.82, 2.24) is 10.2 Å². The van der Waals surface area contributed by atoms with Crippen molar-refractivity contribution < 1.29 is 4.79 Å². The van der Waals surface area contributed by atoms with E-state index in [1.807, 2.05) is 0 Å². The Kier molecular flexibility index (Phi) is 4.60. The summed E-state index contributed by atoms with van der Waals surface area (Å²) in [6.07, 6.45) is 2.55. The second kappa shape index (κ2) is 6.20. The molecule has 0 aliphatic carbocycles. The van der Waals surface area contributed by atoms with E-state index in [1.54, 1.807) is 18.2 Å². The highest BCUT2D eigenvalue weighted by atomic mass is 79.9. The molecular formula is C13H18BrN3O. The van der Waals surface area contributed by atoms with Crippen molar-refractivity contribution in [2.24, 2.45) is 0 Å². The molecule has 1 aromatic carbocycles. The first-order valence-electron chi connectivity index (χ1n) is 6.22. The fourth-order valence-electron chi connectivity index (χ4n) is 2.10. The molecule has 0 atom stereocenters. The quantitative estimate of drug-likeness (QED) is 0.834. The number of carbonyl (C=O) groups excluding carboxylic acids is 1. The standard InChI is InChI=1S/C13H18BrN3O/c14-11-9-10(3-4-12(11)15)13(18)16-5-8-17-6-1-2-7-17/h3-4,9H,1-2,5-8,15H2,(H,16,18). The van der Waals surface area contributed by atoms with Crippen LogP contribution in [0.3, 0.4) is 0 Å². The van der Waals surface area contributed by atoms with Crippen molar-refractivity contribution in [2.45, 2.75) is 12.8 Å². The molecule has 0 aromatic heterocycles. The number of nitrogens with zero attached hydrogens (tertiary/aromatic N) is 1. The zero-order valence-corrected chi connectivity index (χ0v) is 11.9. The zero-order chi connectivity index (χ0) is 13.0. The second-order valence-electron chi connectivity index (χ2n) is 4.54. The smallest absolute Gasteiger partial charge is 0.251 e. The van der Waals surface area contributed by atoms with Crippen LogP contribution in [-0.4, -0.2) is 37.0 Å². The van der Waals surface area contributed by atoms with Crippen molar-refractivity contribution in [3.63, 3.8) is 0 Å². The van der Waals surface area contributed by atoms with Crippen LogP contribution in [0, 0.1) is 0 Å². The molecule has 1 aliphatic heterocycles. The number of rotatable bonds is 4. The molecule has 1 amide bonds. The van der Waals surface area contributed by atoms with Gasteiger partial charge in [0, 0.05) is 28.8 Å². The van der Waals surface area contributed by atoms with Crippen LogP contribution >= 0.6 is 15.9 Å². The summed E-state index contributed by atoms with van der Waals surface area (Å²) in [5.74, 6) is -0.0464. The lowest BCUT2D eigenvalue weighted by molar-refractivity contribution is 0.0949. The molecule has 4 nitrogen and oxygen atoms in total. The number of nitrogens with one attached hydrogen (secondary N) is 1. The van der Waals surface area contributed by atoms with Gasteiger partial charge in [-0.25, -0.2) is 0 Å².